The van der Waals surface area contributed by atoms with Crippen molar-refractivity contribution in [3.8, 4) is 0 Å². The predicted molar refractivity (Wildman–Crippen MR) is 41.7 cm³/mol. The van der Waals surface area contributed by atoms with Crippen LogP contribution in [0.2, 0.25) is 0 Å². The fraction of sp³-hybridized carbons (Fsp3) is 0.286. The third-order valence-corrected chi connectivity index (χ3v) is 1.39. The van der Waals surface area contributed by atoms with Crippen molar-refractivity contribution >= 4 is 12.4 Å². The van der Waals surface area contributed by atoms with E-state index >= 15 is 0 Å². The van der Waals surface area contributed by atoms with E-state index in [1.165, 1.54) is 6.26 Å². The van der Waals surface area contributed by atoms with E-state index < -0.39 is 0 Å². The molecular formula is C7H9ClO2. The number of hydrogen-bond donors (Lipinski definition) is 0. The van der Waals surface area contributed by atoms with Gasteiger partial charge in [0.1, 0.15) is 0 Å². The monoisotopic (exact) mass is 160 g/mol. The maximum Gasteiger partial charge on any atom is 0.338 e. The molecule has 0 aliphatic rings. The lowest BCUT2D eigenvalue weighted by atomic mass is 10.2. The lowest BCUT2D eigenvalue weighted by Crippen LogP contribution is -2.03. The predicted octanol–water partition coefficient (Wildman–Crippen LogP) is 1.68. The minimum absolute atomic E-state index is 0. The van der Waals surface area contributed by atoms with Crippen LogP contribution in [0.25, 0.3) is 0 Å². The topological polar surface area (TPSA) is 30.2 Å². The van der Waals surface area contributed by atoms with Crippen molar-refractivity contribution in [2.45, 2.75) is 13.8 Å². The van der Waals surface area contributed by atoms with Crippen molar-refractivity contribution in [3.05, 3.63) is 33.9 Å². The average Bonchev–Trinajstić information content (AvgIpc) is 1.83. The molecule has 1 rings (SSSR count). The fourth-order valence-electron chi connectivity index (χ4n) is 0.572. The second-order valence-electron chi connectivity index (χ2n) is 2.02. The second-order valence-corrected chi connectivity index (χ2v) is 2.02. The molecule has 0 saturated carbocycles. The summed E-state index contributed by atoms with van der Waals surface area (Å²) in [5, 5.41) is 0. The van der Waals surface area contributed by atoms with Crippen LogP contribution >= 0.6 is 12.4 Å². The minimum Gasteiger partial charge on any atom is -0.431 e. The molecule has 0 saturated heterocycles. The summed E-state index contributed by atoms with van der Waals surface area (Å²) in [6, 6.07) is 1.77. The van der Waals surface area contributed by atoms with Crippen LogP contribution in [0.1, 0.15) is 11.1 Å². The quantitative estimate of drug-likeness (QED) is 0.578. The van der Waals surface area contributed by atoms with Gasteiger partial charge in [-0.15, -0.1) is 12.4 Å². The fourth-order valence-corrected chi connectivity index (χ4v) is 0.572. The van der Waals surface area contributed by atoms with E-state index in [1.54, 1.807) is 13.0 Å². The molecule has 0 N–H and O–H groups in total. The van der Waals surface area contributed by atoms with Crippen LogP contribution in [0.5, 0.6) is 0 Å². The van der Waals surface area contributed by atoms with Gasteiger partial charge in [-0.1, -0.05) is 0 Å². The highest BCUT2D eigenvalue weighted by Crippen LogP contribution is 1.97. The smallest absolute Gasteiger partial charge is 0.338 e. The van der Waals surface area contributed by atoms with E-state index in [9.17, 15) is 4.79 Å². The first-order valence-corrected chi connectivity index (χ1v) is 2.77. The molecule has 1 aromatic heterocycles. The average molecular weight is 161 g/mol. The zero-order valence-corrected chi connectivity index (χ0v) is 6.70. The summed E-state index contributed by atoms with van der Waals surface area (Å²) in [6.07, 6.45) is 1.41. The maximum absolute atomic E-state index is 10.7. The molecule has 10 heavy (non-hydrogen) atoms. The zero-order valence-electron chi connectivity index (χ0n) is 5.88. The molecule has 56 valence electrons. The summed E-state index contributed by atoms with van der Waals surface area (Å²) in [5.41, 5.74) is 1.43. The summed E-state index contributed by atoms with van der Waals surface area (Å²) in [7, 11) is 0. The first kappa shape index (κ1) is 9.24. The highest BCUT2D eigenvalue weighted by atomic mass is 35.5. The van der Waals surface area contributed by atoms with E-state index in [2.05, 4.69) is 4.42 Å². The lowest BCUT2D eigenvalue weighted by molar-refractivity contribution is 0.503. The first-order chi connectivity index (χ1) is 4.22. The molecule has 0 aromatic carbocycles. The molecular weight excluding hydrogens is 152 g/mol. The summed E-state index contributed by atoms with van der Waals surface area (Å²) < 4.78 is 4.58. The Morgan fingerprint density at radius 2 is 2.00 bits per heavy atom. The maximum atomic E-state index is 10.7. The van der Waals surface area contributed by atoms with Gasteiger partial charge < -0.3 is 4.42 Å². The van der Waals surface area contributed by atoms with Crippen LogP contribution in [-0.2, 0) is 0 Å². The van der Waals surface area contributed by atoms with Gasteiger partial charge in [0.15, 0.2) is 0 Å². The van der Waals surface area contributed by atoms with Crippen molar-refractivity contribution in [1.82, 2.24) is 0 Å². The molecule has 1 heterocycles. The number of hydrogen-bond acceptors (Lipinski definition) is 2. The Bertz CT molecular complexity index is 265. The SMILES string of the molecule is Cc1ccoc(=O)c1C.Cl. The Morgan fingerprint density at radius 3 is 2.40 bits per heavy atom. The molecule has 0 aliphatic carbocycles. The Balaban J connectivity index is 0.000000810. The van der Waals surface area contributed by atoms with Crippen LogP contribution in [-0.4, -0.2) is 0 Å². The number of halogens is 1. The van der Waals surface area contributed by atoms with Crippen molar-refractivity contribution in [1.29, 1.82) is 0 Å². The van der Waals surface area contributed by atoms with Crippen LogP contribution in [0.15, 0.2) is 21.5 Å². The van der Waals surface area contributed by atoms with Crippen LogP contribution in [0.3, 0.4) is 0 Å². The molecule has 0 aliphatic heterocycles. The highest BCUT2D eigenvalue weighted by Gasteiger charge is 1.94. The third-order valence-electron chi connectivity index (χ3n) is 1.39. The van der Waals surface area contributed by atoms with Gasteiger partial charge in [-0.3, -0.25) is 0 Å². The summed E-state index contributed by atoms with van der Waals surface area (Å²) in [6.45, 7) is 3.63. The Kier molecular flexibility index (Phi) is 3.16. The molecule has 1 aromatic rings. The lowest BCUT2D eigenvalue weighted by Gasteiger charge is -1.91. The van der Waals surface area contributed by atoms with Crippen molar-refractivity contribution in [3.63, 3.8) is 0 Å². The molecule has 0 atom stereocenters. The van der Waals surface area contributed by atoms with Crippen LogP contribution in [0.4, 0.5) is 0 Å². The normalized spacial score (nSPS) is 8.60. The highest BCUT2D eigenvalue weighted by molar-refractivity contribution is 5.85. The molecule has 0 unspecified atom stereocenters. The second kappa shape index (κ2) is 3.42. The van der Waals surface area contributed by atoms with Gasteiger partial charge in [-0.25, -0.2) is 4.79 Å². The van der Waals surface area contributed by atoms with E-state index in [0.29, 0.717) is 5.56 Å². The number of rotatable bonds is 0. The van der Waals surface area contributed by atoms with Gasteiger partial charge in [-0.05, 0) is 25.5 Å². The zero-order chi connectivity index (χ0) is 6.85. The van der Waals surface area contributed by atoms with Gasteiger partial charge in [-0.2, -0.15) is 0 Å². The largest absolute Gasteiger partial charge is 0.431 e. The van der Waals surface area contributed by atoms with Gasteiger partial charge in [0, 0.05) is 5.56 Å². The molecule has 0 fully saturated rings. The van der Waals surface area contributed by atoms with Gasteiger partial charge in [0.05, 0.1) is 6.26 Å². The van der Waals surface area contributed by atoms with Gasteiger partial charge in [0.2, 0.25) is 0 Å². The van der Waals surface area contributed by atoms with E-state index in [1.807, 2.05) is 6.92 Å². The molecule has 0 bridgehead atoms. The van der Waals surface area contributed by atoms with E-state index in [0.717, 1.165) is 5.56 Å². The van der Waals surface area contributed by atoms with Crippen molar-refractivity contribution < 1.29 is 4.42 Å². The van der Waals surface area contributed by atoms with Gasteiger partial charge in [0.25, 0.3) is 0 Å². The summed E-state index contributed by atoms with van der Waals surface area (Å²) >= 11 is 0. The molecule has 3 heteroatoms. The van der Waals surface area contributed by atoms with Crippen LogP contribution < -0.4 is 5.63 Å². The molecule has 0 spiro atoms. The Hall–Kier alpha value is -0.760. The molecule has 2 nitrogen and oxygen atoms in total. The summed E-state index contributed by atoms with van der Waals surface area (Å²) in [4.78, 5) is 10.7. The standard InChI is InChI=1S/C7H8O2.ClH/c1-5-3-4-9-7(8)6(5)2;/h3-4H,1-2H3;1H. The van der Waals surface area contributed by atoms with Crippen LogP contribution in [0, 0.1) is 13.8 Å². The van der Waals surface area contributed by atoms with Gasteiger partial charge >= 0.3 is 5.63 Å². The Labute approximate surface area is 65.3 Å². The number of aryl methyl sites for hydroxylation is 1. The third kappa shape index (κ3) is 1.61. The minimum atomic E-state index is -0.241. The summed E-state index contributed by atoms with van der Waals surface area (Å²) in [5.74, 6) is 0. The van der Waals surface area contributed by atoms with E-state index in [-0.39, 0.29) is 18.0 Å². The first-order valence-electron chi connectivity index (χ1n) is 2.77. The Morgan fingerprint density at radius 1 is 1.40 bits per heavy atom. The molecule has 0 amide bonds. The van der Waals surface area contributed by atoms with E-state index in [4.69, 9.17) is 0 Å². The van der Waals surface area contributed by atoms with Crippen molar-refractivity contribution in [2.24, 2.45) is 0 Å². The van der Waals surface area contributed by atoms with Crippen molar-refractivity contribution in [2.75, 3.05) is 0 Å². The molecule has 0 radical (unpaired) electrons.